The summed E-state index contributed by atoms with van der Waals surface area (Å²) in [4.78, 5) is 15.8. The van der Waals surface area contributed by atoms with Crippen LogP contribution in [0.2, 0.25) is 0 Å². The van der Waals surface area contributed by atoms with Gasteiger partial charge in [-0.1, -0.05) is 0 Å². The Morgan fingerprint density at radius 3 is 3.10 bits per heavy atom. The maximum Gasteiger partial charge on any atom is 0.224 e. The third kappa shape index (κ3) is 4.04. The van der Waals surface area contributed by atoms with Gasteiger partial charge in [0, 0.05) is 30.6 Å². The Morgan fingerprint density at radius 2 is 2.45 bits per heavy atom. The first-order chi connectivity index (χ1) is 9.61. The summed E-state index contributed by atoms with van der Waals surface area (Å²) in [7, 11) is 0. The molecule has 3 N–H and O–H groups in total. The van der Waals surface area contributed by atoms with Crippen LogP contribution in [-0.4, -0.2) is 37.0 Å². The number of halogens is 1. The second kappa shape index (κ2) is 7.54. The number of rotatable bonds is 5. The topological polar surface area (TPSA) is 58.4 Å². The monoisotopic (exact) mass is 359 g/mol. The first kappa shape index (κ1) is 15.9. The summed E-state index contributed by atoms with van der Waals surface area (Å²) in [6.45, 7) is 5.20. The maximum atomic E-state index is 12.1. The van der Waals surface area contributed by atoms with Gasteiger partial charge in [0.1, 0.15) is 0 Å². The van der Waals surface area contributed by atoms with Gasteiger partial charge in [-0.15, -0.1) is 11.3 Å². The van der Waals surface area contributed by atoms with Crippen LogP contribution in [0.15, 0.2) is 15.9 Å². The van der Waals surface area contributed by atoms with Crippen molar-refractivity contribution in [1.29, 1.82) is 0 Å². The molecular formula is C14H22BrN3OS. The van der Waals surface area contributed by atoms with E-state index in [1.807, 2.05) is 0 Å². The summed E-state index contributed by atoms with van der Waals surface area (Å²) >= 11 is 5.28. The van der Waals surface area contributed by atoms with Crippen molar-refractivity contribution < 1.29 is 4.79 Å². The van der Waals surface area contributed by atoms with Crippen molar-refractivity contribution in [3.8, 4) is 0 Å². The molecule has 0 bridgehead atoms. The van der Waals surface area contributed by atoms with Crippen molar-refractivity contribution in [3.05, 3.63) is 20.8 Å². The third-order valence-corrected chi connectivity index (χ3v) is 5.61. The lowest BCUT2D eigenvalue weighted by Crippen LogP contribution is -2.44. The zero-order chi connectivity index (χ0) is 14.5. The number of nitrogens with two attached hydrogens (primary N) is 1. The standard InChI is InChI=1S/C14H22BrN3OS/c1-10(12-4-5-13(15)20-12)18-8-2-3-11(9-18)14(19)17-7-6-16/h4-5,10-11H,2-3,6-9,16H2,1H3,(H,17,19). The average molecular weight is 360 g/mol. The quantitative estimate of drug-likeness (QED) is 0.848. The summed E-state index contributed by atoms with van der Waals surface area (Å²) in [6, 6.07) is 4.63. The normalized spacial score (nSPS) is 21.6. The number of amides is 1. The molecule has 20 heavy (non-hydrogen) atoms. The molecule has 2 atom stereocenters. The van der Waals surface area contributed by atoms with Crippen LogP contribution in [0.1, 0.15) is 30.7 Å². The number of carbonyl (C=O) groups excluding carboxylic acids is 1. The maximum absolute atomic E-state index is 12.1. The molecule has 2 unspecified atom stereocenters. The molecule has 1 amide bonds. The Kier molecular flexibility index (Phi) is 6.01. The van der Waals surface area contributed by atoms with E-state index in [1.165, 1.54) is 4.88 Å². The van der Waals surface area contributed by atoms with Gasteiger partial charge in [-0.25, -0.2) is 0 Å². The van der Waals surface area contributed by atoms with Crippen molar-refractivity contribution in [3.63, 3.8) is 0 Å². The first-order valence-corrected chi connectivity index (χ1v) is 8.70. The summed E-state index contributed by atoms with van der Waals surface area (Å²) in [5.41, 5.74) is 5.43. The number of likely N-dealkylation sites (tertiary alicyclic amines) is 1. The molecule has 1 fully saturated rings. The van der Waals surface area contributed by atoms with Crippen LogP contribution in [0.5, 0.6) is 0 Å². The van der Waals surface area contributed by atoms with E-state index in [9.17, 15) is 4.79 Å². The molecule has 2 heterocycles. The minimum atomic E-state index is 0.0983. The minimum absolute atomic E-state index is 0.0983. The first-order valence-electron chi connectivity index (χ1n) is 7.09. The van der Waals surface area contributed by atoms with Crippen LogP contribution in [0.3, 0.4) is 0 Å². The van der Waals surface area contributed by atoms with E-state index in [0.29, 0.717) is 19.1 Å². The number of thiophene rings is 1. The molecule has 0 aliphatic carbocycles. The van der Waals surface area contributed by atoms with E-state index < -0.39 is 0 Å². The minimum Gasteiger partial charge on any atom is -0.355 e. The van der Waals surface area contributed by atoms with Crippen LogP contribution in [0.4, 0.5) is 0 Å². The smallest absolute Gasteiger partial charge is 0.224 e. The lowest BCUT2D eigenvalue weighted by atomic mass is 9.95. The second-order valence-electron chi connectivity index (χ2n) is 5.23. The predicted octanol–water partition coefficient (Wildman–Crippen LogP) is 2.36. The van der Waals surface area contributed by atoms with E-state index >= 15 is 0 Å². The molecule has 1 aliphatic rings. The molecular weight excluding hydrogens is 338 g/mol. The van der Waals surface area contributed by atoms with Crippen molar-refractivity contribution in [2.75, 3.05) is 26.2 Å². The van der Waals surface area contributed by atoms with E-state index in [2.05, 4.69) is 45.2 Å². The Labute approximate surface area is 132 Å². The Hall–Kier alpha value is -0.430. The fraction of sp³-hybridized carbons (Fsp3) is 0.643. The van der Waals surface area contributed by atoms with Crippen molar-refractivity contribution in [2.45, 2.75) is 25.8 Å². The van der Waals surface area contributed by atoms with Crippen molar-refractivity contribution in [2.24, 2.45) is 11.7 Å². The Bertz CT molecular complexity index is 451. The molecule has 0 aromatic carbocycles. The zero-order valence-electron chi connectivity index (χ0n) is 11.8. The van der Waals surface area contributed by atoms with Gasteiger partial charge in [0.15, 0.2) is 0 Å². The summed E-state index contributed by atoms with van der Waals surface area (Å²) in [6.07, 6.45) is 2.06. The highest BCUT2D eigenvalue weighted by atomic mass is 79.9. The molecule has 2 rings (SSSR count). The van der Waals surface area contributed by atoms with E-state index in [0.717, 1.165) is 29.7 Å². The number of carbonyl (C=O) groups is 1. The van der Waals surface area contributed by atoms with Crippen LogP contribution in [0, 0.1) is 5.92 Å². The van der Waals surface area contributed by atoms with Crippen LogP contribution >= 0.6 is 27.3 Å². The second-order valence-corrected chi connectivity index (χ2v) is 7.73. The summed E-state index contributed by atoms with van der Waals surface area (Å²) in [5, 5.41) is 2.91. The van der Waals surface area contributed by atoms with Crippen molar-refractivity contribution >= 4 is 33.2 Å². The van der Waals surface area contributed by atoms with E-state index in [-0.39, 0.29) is 11.8 Å². The lowest BCUT2D eigenvalue weighted by molar-refractivity contribution is -0.126. The largest absolute Gasteiger partial charge is 0.355 e. The average Bonchev–Trinajstić information content (AvgIpc) is 2.90. The zero-order valence-corrected chi connectivity index (χ0v) is 14.2. The predicted molar refractivity (Wildman–Crippen MR) is 86.8 cm³/mol. The molecule has 1 aliphatic heterocycles. The van der Waals surface area contributed by atoms with Crippen LogP contribution < -0.4 is 11.1 Å². The summed E-state index contributed by atoms with van der Waals surface area (Å²) < 4.78 is 1.16. The lowest BCUT2D eigenvalue weighted by Gasteiger charge is -2.35. The van der Waals surface area contributed by atoms with Gasteiger partial charge in [0.2, 0.25) is 5.91 Å². The highest BCUT2D eigenvalue weighted by Gasteiger charge is 2.28. The molecule has 112 valence electrons. The molecule has 0 radical (unpaired) electrons. The number of nitrogens with one attached hydrogen (secondary N) is 1. The van der Waals surface area contributed by atoms with Gasteiger partial charge in [-0.3, -0.25) is 9.69 Å². The molecule has 4 nitrogen and oxygen atoms in total. The number of nitrogens with zero attached hydrogens (tertiary/aromatic N) is 1. The number of hydrogen-bond donors (Lipinski definition) is 2. The van der Waals surface area contributed by atoms with E-state index in [1.54, 1.807) is 11.3 Å². The van der Waals surface area contributed by atoms with E-state index in [4.69, 9.17) is 5.73 Å². The number of piperidine rings is 1. The highest BCUT2D eigenvalue weighted by molar-refractivity contribution is 9.11. The van der Waals surface area contributed by atoms with Crippen LogP contribution in [0.25, 0.3) is 0 Å². The molecule has 0 saturated carbocycles. The van der Waals surface area contributed by atoms with Gasteiger partial charge in [0.25, 0.3) is 0 Å². The van der Waals surface area contributed by atoms with Crippen LogP contribution in [-0.2, 0) is 4.79 Å². The molecule has 0 spiro atoms. The fourth-order valence-corrected chi connectivity index (χ4v) is 4.15. The molecule has 1 aromatic heterocycles. The van der Waals surface area contributed by atoms with Gasteiger partial charge < -0.3 is 11.1 Å². The molecule has 6 heteroatoms. The molecule has 1 aromatic rings. The Balaban J connectivity index is 1.94. The molecule has 1 saturated heterocycles. The van der Waals surface area contributed by atoms with Gasteiger partial charge >= 0.3 is 0 Å². The van der Waals surface area contributed by atoms with Crippen molar-refractivity contribution in [1.82, 2.24) is 10.2 Å². The van der Waals surface area contributed by atoms with Gasteiger partial charge in [0.05, 0.1) is 9.70 Å². The fourth-order valence-electron chi connectivity index (χ4n) is 2.64. The highest BCUT2D eigenvalue weighted by Crippen LogP contribution is 2.32. The summed E-state index contributed by atoms with van der Waals surface area (Å²) in [5.74, 6) is 0.251. The third-order valence-electron chi connectivity index (χ3n) is 3.82. The van der Waals surface area contributed by atoms with Gasteiger partial charge in [-0.2, -0.15) is 0 Å². The number of hydrogen-bond acceptors (Lipinski definition) is 4. The Morgan fingerprint density at radius 1 is 1.65 bits per heavy atom. The SMILES string of the molecule is CC(c1ccc(Br)s1)N1CCCC(C(=O)NCCN)C1. The van der Waals surface area contributed by atoms with Gasteiger partial charge in [-0.05, 0) is 54.4 Å².